The van der Waals surface area contributed by atoms with Crippen molar-refractivity contribution in [1.82, 2.24) is 20.4 Å². The molecule has 0 saturated carbocycles. The van der Waals surface area contributed by atoms with Crippen molar-refractivity contribution in [2.75, 3.05) is 7.05 Å². The van der Waals surface area contributed by atoms with Gasteiger partial charge in [0, 0.05) is 30.9 Å². The summed E-state index contributed by atoms with van der Waals surface area (Å²) in [4.78, 5) is 12.2. The molecule has 1 aromatic heterocycles. The molecule has 0 aliphatic heterocycles. The zero-order chi connectivity index (χ0) is 16.1. The first-order valence-corrected chi connectivity index (χ1v) is 6.87. The highest BCUT2D eigenvalue weighted by molar-refractivity contribution is 5.83. The van der Waals surface area contributed by atoms with Gasteiger partial charge >= 0.3 is 0 Å². The Balaban J connectivity index is 2.00. The van der Waals surface area contributed by atoms with E-state index in [0.717, 1.165) is 5.56 Å². The molecule has 2 aromatic rings. The van der Waals surface area contributed by atoms with Crippen LogP contribution in [0.25, 0.3) is 0 Å². The Morgan fingerprint density at radius 2 is 2.27 bits per heavy atom. The third-order valence-electron chi connectivity index (χ3n) is 3.36. The fourth-order valence-corrected chi connectivity index (χ4v) is 2.16. The van der Waals surface area contributed by atoms with Gasteiger partial charge in [-0.2, -0.15) is 5.10 Å². The van der Waals surface area contributed by atoms with Crippen molar-refractivity contribution < 1.29 is 14.3 Å². The second kappa shape index (κ2) is 7.15. The Morgan fingerprint density at radius 1 is 1.50 bits per heavy atom. The average molecular weight is 306 g/mol. The largest absolute Gasteiger partial charge is 0.392 e. The average Bonchev–Trinajstić information content (AvgIpc) is 2.92. The molecule has 7 heteroatoms. The summed E-state index contributed by atoms with van der Waals surface area (Å²) >= 11 is 0. The highest BCUT2D eigenvalue weighted by Crippen LogP contribution is 2.13. The Labute approximate surface area is 128 Å². The molecule has 22 heavy (non-hydrogen) atoms. The summed E-state index contributed by atoms with van der Waals surface area (Å²) in [6, 6.07) is 3.97. The van der Waals surface area contributed by atoms with Crippen molar-refractivity contribution in [2.45, 2.75) is 19.2 Å². The minimum atomic E-state index is -0.518. The Bertz CT molecular complexity index is 657. The summed E-state index contributed by atoms with van der Waals surface area (Å²) in [5.74, 6) is -0.700. The van der Waals surface area contributed by atoms with Gasteiger partial charge in [0.1, 0.15) is 11.9 Å². The number of carbonyl (C=O) groups excluding carboxylic acids is 1. The standard InChI is InChI=1S/C15H19FN4O2/c1-17-14(12-7-19-20(2)8-12)15(22)18-6-10-3-4-11(9-21)13(16)5-10/h3-5,7-8,14,17,21H,6,9H2,1-2H3,(H,18,22). The maximum Gasteiger partial charge on any atom is 0.242 e. The summed E-state index contributed by atoms with van der Waals surface area (Å²) in [7, 11) is 3.46. The summed E-state index contributed by atoms with van der Waals surface area (Å²) in [5, 5.41) is 18.7. The van der Waals surface area contributed by atoms with Gasteiger partial charge in [-0.1, -0.05) is 12.1 Å². The molecule has 1 heterocycles. The van der Waals surface area contributed by atoms with Crippen molar-refractivity contribution in [1.29, 1.82) is 0 Å². The van der Waals surface area contributed by atoms with Gasteiger partial charge < -0.3 is 15.7 Å². The first kappa shape index (κ1) is 16.1. The molecule has 6 nitrogen and oxygen atoms in total. The van der Waals surface area contributed by atoms with E-state index in [1.807, 2.05) is 0 Å². The van der Waals surface area contributed by atoms with Crippen LogP contribution in [-0.4, -0.2) is 27.8 Å². The molecule has 0 aliphatic rings. The third kappa shape index (κ3) is 3.69. The van der Waals surface area contributed by atoms with Crippen LogP contribution in [0.5, 0.6) is 0 Å². The van der Waals surface area contributed by atoms with Gasteiger partial charge in [-0.3, -0.25) is 9.48 Å². The van der Waals surface area contributed by atoms with Crippen LogP contribution < -0.4 is 10.6 Å². The lowest BCUT2D eigenvalue weighted by molar-refractivity contribution is -0.123. The Morgan fingerprint density at radius 3 is 2.82 bits per heavy atom. The number of nitrogens with one attached hydrogen (secondary N) is 2. The molecule has 1 atom stereocenters. The molecule has 118 valence electrons. The molecule has 0 saturated heterocycles. The van der Waals surface area contributed by atoms with E-state index in [4.69, 9.17) is 5.11 Å². The topological polar surface area (TPSA) is 79.2 Å². The summed E-state index contributed by atoms with van der Waals surface area (Å²) in [6.45, 7) is -0.138. The van der Waals surface area contributed by atoms with Crippen molar-refractivity contribution in [3.05, 3.63) is 53.1 Å². The SMILES string of the molecule is CNC(C(=O)NCc1ccc(CO)c(F)c1)c1cnn(C)c1. The number of halogens is 1. The van der Waals surface area contributed by atoms with E-state index in [1.54, 1.807) is 37.2 Å². The maximum atomic E-state index is 13.6. The molecule has 1 aromatic carbocycles. The van der Waals surface area contributed by atoms with E-state index < -0.39 is 11.9 Å². The number of nitrogens with zero attached hydrogens (tertiary/aromatic N) is 2. The van der Waals surface area contributed by atoms with E-state index in [1.165, 1.54) is 12.1 Å². The number of benzene rings is 1. The van der Waals surface area contributed by atoms with Gasteiger partial charge in [-0.25, -0.2) is 4.39 Å². The smallest absolute Gasteiger partial charge is 0.242 e. The van der Waals surface area contributed by atoms with Gasteiger partial charge in [0.2, 0.25) is 5.91 Å². The zero-order valence-electron chi connectivity index (χ0n) is 12.5. The molecule has 2 rings (SSSR count). The number of rotatable bonds is 6. The van der Waals surface area contributed by atoms with E-state index >= 15 is 0 Å². The van der Waals surface area contributed by atoms with E-state index in [-0.39, 0.29) is 24.6 Å². The molecule has 3 N–H and O–H groups in total. The number of carbonyl (C=O) groups is 1. The summed E-state index contributed by atoms with van der Waals surface area (Å²) < 4.78 is 15.2. The monoisotopic (exact) mass is 306 g/mol. The number of aliphatic hydroxyl groups excluding tert-OH is 1. The molecule has 0 aliphatic carbocycles. The van der Waals surface area contributed by atoms with Gasteiger partial charge in [0.15, 0.2) is 0 Å². The molecule has 0 radical (unpaired) electrons. The molecular weight excluding hydrogens is 287 g/mol. The van der Waals surface area contributed by atoms with E-state index in [2.05, 4.69) is 15.7 Å². The van der Waals surface area contributed by atoms with Crippen LogP contribution in [-0.2, 0) is 25.0 Å². The van der Waals surface area contributed by atoms with Crippen LogP contribution in [0.15, 0.2) is 30.6 Å². The van der Waals surface area contributed by atoms with Gasteiger partial charge in [-0.05, 0) is 18.7 Å². The highest BCUT2D eigenvalue weighted by atomic mass is 19.1. The number of hydrogen-bond acceptors (Lipinski definition) is 4. The minimum Gasteiger partial charge on any atom is -0.392 e. The Kier molecular flexibility index (Phi) is 5.24. The van der Waals surface area contributed by atoms with Crippen LogP contribution in [0.1, 0.15) is 22.7 Å². The summed E-state index contributed by atoms with van der Waals surface area (Å²) in [5.41, 5.74) is 1.62. The number of aryl methyl sites for hydroxylation is 1. The maximum absolute atomic E-state index is 13.6. The lowest BCUT2D eigenvalue weighted by Crippen LogP contribution is -2.35. The van der Waals surface area contributed by atoms with Crippen molar-refractivity contribution in [3.8, 4) is 0 Å². The van der Waals surface area contributed by atoms with E-state index in [0.29, 0.717) is 5.56 Å². The van der Waals surface area contributed by atoms with Crippen LogP contribution in [0, 0.1) is 5.82 Å². The second-order valence-corrected chi connectivity index (χ2v) is 4.97. The highest BCUT2D eigenvalue weighted by Gasteiger charge is 2.19. The molecule has 0 spiro atoms. The third-order valence-corrected chi connectivity index (χ3v) is 3.36. The van der Waals surface area contributed by atoms with Crippen molar-refractivity contribution in [2.24, 2.45) is 7.05 Å². The predicted molar refractivity (Wildman–Crippen MR) is 79.2 cm³/mol. The van der Waals surface area contributed by atoms with Crippen LogP contribution in [0.2, 0.25) is 0 Å². The number of likely N-dealkylation sites (N-methyl/N-ethyl adjacent to an activating group) is 1. The normalized spacial score (nSPS) is 12.2. The number of aromatic nitrogens is 2. The van der Waals surface area contributed by atoms with Gasteiger partial charge in [0.05, 0.1) is 12.8 Å². The fourth-order valence-electron chi connectivity index (χ4n) is 2.16. The summed E-state index contributed by atoms with van der Waals surface area (Å²) in [6.07, 6.45) is 3.38. The number of aliphatic hydroxyl groups is 1. The molecular formula is C15H19FN4O2. The Hall–Kier alpha value is -2.25. The first-order valence-electron chi connectivity index (χ1n) is 6.87. The number of hydrogen-bond donors (Lipinski definition) is 3. The molecule has 0 bridgehead atoms. The lowest BCUT2D eigenvalue weighted by Gasteiger charge is -2.14. The molecule has 1 unspecified atom stereocenters. The van der Waals surface area contributed by atoms with Crippen molar-refractivity contribution in [3.63, 3.8) is 0 Å². The van der Waals surface area contributed by atoms with Crippen LogP contribution >= 0.6 is 0 Å². The molecule has 0 fully saturated rings. The first-order chi connectivity index (χ1) is 10.5. The predicted octanol–water partition coefficient (Wildman–Crippen LogP) is 0.628. The second-order valence-electron chi connectivity index (χ2n) is 4.97. The minimum absolute atomic E-state index is 0.208. The lowest BCUT2D eigenvalue weighted by atomic mass is 10.1. The number of amides is 1. The van der Waals surface area contributed by atoms with Gasteiger partial charge in [-0.15, -0.1) is 0 Å². The zero-order valence-corrected chi connectivity index (χ0v) is 12.5. The quantitative estimate of drug-likeness (QED) is 0.731. The molecule has 1 amide bonds. The van der Waals surface area contributed by atoms with Crippen LogP contribution in [0.3, 0.4) is 0 Å². The fraction of sp³-hybridized carbons (Fsp3) is 0.333. The van der Waals surface area contributed by atoms with Crippen LogP contribution in [0.4, 0.5) is 4.39 Å². The van der Waals surface area contributed by atoms with Gasteiger partial charge in [0.25, 0.3) is 0 Å². The van der Waals surface area contributed by atoms with Crippen molar-refractivity contribution >= 4 is 5.91 Å². The van der Waals surface area contributed by atoms with E-state index in [9.17, 15) is 9.18 Å².